The molecule has 0 aliphatic heterocycles. The molecule has 1 heterocycles. The van der Waals surface area contributed by atoms with Crippen LogP contribution < -0.4 is 10.6 Å². The molecule has 0 fully saturated rings. The first kappa shape index (κ1) is 17.9. The minimum Gasteiger partial charge on any atom is -0.394 e. The Labute approximate surface area is 143 Å². The molecule has 5 heteroatoms. The Bertz CT molecular complexity index is 627. The molecule has 0 aliphatic carbocycles. The Morgan fingerprint density at radius 3 is 2.46 bits per heavy atom. The number of anilines is 1. The van der Waals surface area contributed by atoms with Crippen molar-refractivity contribution < 1.29 is 9.90 Å². The van der Waals surface area contributed by atoms with E-state index in [0.29, 0.717) is 0 Å². The van der Waals surface area contributed by atoms with E-state index in [-0.39, 0.29) is 24.6 Å². The minimum atomic E-state index is -0.302. The van der Waals surface area contributed by atoms with Gasteiger partial charge < -0.3 is 15.7 Å². The average Bonchev–Trinajstić information content (AvgIpc) is 2.59. The summed E-state index contributed by atoms with van der Waals surface area (Å²) in [6, 6.07) is 13.2. The fourth-order valence-corrected chi connectivity index (χ4v) is 2.33. The molecule has 24 heavy (non-hydrogen) atoms. The highest BCUT2D eigenvalue weighted by Gasteiger charge is 2.14. The highest BCUT2D eigenvalue weighted by molar-refractivity contribution is 5.89. The van der Waals surface area contributed by atoms with E-state index in [2.05, 4.69) is 15.6 Å². The largest absolute Gasteiger partial charge is 0.394 e. The second kappa shape index (κ2) is 9.03. The number of aryl methyl sites for hydroxylation is 2. The van der Waals surface area contributed by atoms with Gasteiger partial charge in [0.2, 0.25) is 0 Å². The molecule has 1 aromatic carbocycles. The van der Waals surface area contributed by atoms with Crippen LogP contribution in [0.3, 0.4) is 0 Å². The Kier molecular flexibility index (Phi) is 6.75. The van der Waals surface area contributed by atoms with Crippen LogP contribution in [-0.4, -0.2) is 28.8 Å². The van der Waals surface area contributed by atoms with E-state index in [1.165, 1.54) is 5.56 Å². The number of pyridine rings is 1. The first-order chi connectivity index (χ1) is 11.6. The number of benzene rings is 1. The topological polar surface area (TPSA) is 74.2 Å². The van der Waals surface area contributed by atoms with Crippen molar-refractivity contribution >= 4 is 11.7 Å². The van der Waals surface area contributed by atoms with Crippen LogP contribution in [0.2, 0.25) is 0 Å². The third kappa shape index (κ3) is 5.66. The number of amides is 2. The number of aliphatic hydroxyl groups is 1. The van der Waals surface area contributed by atoms with Gasteiger partial charge in [-0.3, -0.25) is 4.98 Å². The summed E-state index contributed by atoms with van der Waals surface area (Å²) in [5, 5.41) is 14.8. The molecule has 0 saturated heterocycles. The Hall–Kier alpha value is -2.40. The molecular weight excluding hydrogens is 302 g/mol. The third-order valence-corrected chi connectivity index (χ3v) is 3.93. The number of nitrogens with zero attached hydrogens (tertiary/aromatic N) is 1. The number of carbonyl (C=O) groups is 1. The summed E-state index contributed by atoms with van der Waals surface area (Å²) in [5.41, 5.74) is 3.00. The maximum atomic E-state index is 11.9. The van der Waals surface area contributed by atoms with Gasteiger partial charge in [0, 0.05) is 17.6 Å². The number of carbonyl (C=O) groups excluding carboxylic acids is 1. The number of hydrogen-bond acceptors (Lipinski definition) is 3. The van der Waals surface area contributed by atoms with Gasteiger partial charge >= 0.3 is 6.03 Å². The third-order valence-electron chi connectivity index (χ3n) is 3.93. The normalized spacial score (nSPS) is 12.0. The monoisotopic (exact) mass is 327 g/mol. The number of aliphatic hydroxyl groups excluding tert-OH is 1. The van der Waals surface area contributed by atoms with Crippen molar-refractivity contribution in [2.75, 3.05) is 11.9 Å². The lowest BCUT2D eigenvalue weighted by atomic mass is 10.1. The van der Waals surface area contributed by atoms with Crippen molar-refractivity contribution in [3.63, 3.8) is 0 Å². The molecule has 5 nitrogen and oxygen atoms in total. The highest BCUT2D eigenvalue weighted by atomic mass is 16.3. The molecule has 1 aromatic heterocycles. The summed E-state index contributed by atoms with van der Waals surface area (Å²) >= 11 is 0. The molecule has 2 aromatic rings. The van der Waals surface area contributed by atoms with Gasteiger partial charge in [0.05, 0.1) is 12.6 Å². The molecule has 2 rings (SSSR count). The minimum absolute atomic E-state index is 0.0719. The van der Waals surface area contributed by atoms with Gasteiger partial charge in [0.15, 0.2) is 0 Å². The van der Waals surface area contributed by atoms with E-state index in [1.807, 2.05) is 56.3 Å². The zero-order valence-electron chi connectivity index (χ0n) is 14.2. The van der Waals surface area contributed by atoms with E-state index in [4.69, 9.17) is 0 Å². The van der Waals surface area contributed by atoms with Crippen molar-refractivity contribution in [3.8, 4) is 0 Å². The van der Waals surface area contributed by atoms with E-state index in [1.54, 1.807) is 6.20 Å². The van der Waals surface area contributed by atoms with Crippen LogP contribution in [0.5, 0.6) is 0 Å². The zero-order chi connectivity index (χ0) is 17.4. The molecule has 0 bridgehead atoms. The summed E-state index contributed by atoms with van der Waals surface area (Å²) in [6.07, 6.45) is 3.60. The SMILES string of the molecule is CC(C)[C@@H](CO)NC(=O)Nc1ccc(CCc2ccccn2)cc1. The summed E-state index contributed by atoms with van der Waals surface area (Å²) < 4.78 is 0. The molecule has 0 aliphatic rings. The fourth-order valence-electron chi connectivity index (χ4n) is 2.33. The van der Waals surface area contributed by atoms with Crippen molar-refractivity contribution in [2.24, 2.45) is 5.92 Å². The summed E-state index contributed by atoms with van der Waals surface area (Å²) in [6.45, 7) is 3.84. The smallest absolute Gasteiger partial charge is 0.319 e. The number of aromatic nitrogens is 1. The van der Waals surface area contributed by atoms with Gasteiger partial charge in [-0.05, 0) is 48.6 Å². The van der Waals surface area contributed by atoms with E-state index < -0.39 is 0 Å². The quantitative estimate of drug-likeness (QED) is 0.732. The van der Waals surface area contributed by atoms with Crippen molar-refractivity contribution in [1.29, 1.82) is 0 Å². The van der Waals surface area contributed by atoms with Crippen LogP contribution in [-0.2, 0) is 12.8 Å². The number of urea groups is 1. The van der Waals surface area contributed by atoms with Crippen molar-refractivity contribution in [1.82, 2.24) is 10.3 Å². The van der Waals surface area contributed by atoms with Crippen molar-refractivity contribution in [3.05, 3.63) is 59.9 Å². The van der Waals surface area contributed by atoms with E-state index in [9.17, 15) is 9.90 Å². The standard InChI is InChI=1S/C19H25N3O2/c1-14(2)18(13-23)22-19(24)21-17-10-7-15(8-11-17)6-9-16-5-3-4-12-20-16/h3-5,7-8,10-12,14,18,23H,6,9,13H2,1-2H3,(H2,21,22,24)/t18-/m1/s1. The second-order valence-corrected chi connectivity index (χ2v) is 6.15. The van der Waals surface area contributed by atoms with E-state index >= 15 is 0 Å². The molecule has 0 saturated carbocycles. The molecule has 0 unspecified atom stereocenters. The van der Waals surface area contributed by atoms with Crippen LogP contribution in [0.1, 0.15) is 25.1 Å². The lowest BCUT2D eigenvalue weighted by molar-refractivity contribution is 0.204. The van der Waals surface area contributed by atoms with Crippen molar-refractivity contribution in [2.45, 2.75) is 32.7 Å². The zero-order valence-corrected chi connectivity index (χ0v) is 14.2. The second-order valence-electron chi connectivity index (χ2n) is 6.15. The maximum absolute atomic E-state index is 11.9. The summed E-state index contributed by atoms with van der Waals surface area (Å²) in [4.78, 5) is 16.3. The summed E-state index contributed by atoms with van der Waals surface area (Å²) in [7, 11) is 0. The molecule has 0 spiro atoms. The molecule has 2 amide bonds. The highest BCUT2D eigenvalue weighted by Crippen LogP contribution is 2.12. The molecule has 3 N–H and O–H groups in total. The number of nitrogens with one attached hydrogen (secondary N) is 2. The van der Waals surface area contributed by atoms with Gasteiger partial charge in [-0.1, -0.05) is 32.0 Å². The molecule has 128 valence electrons. The van der Waals surface area contributed by atoms with Crippen LogP contribution in [0, 0.1) is 5.92 Å². The van der Waals surface area contributed by atoms with Gasteiger partial charge in [-0.2, -0.15) is 0 Å². The summed E-state index contributed by atoms with van der Waals surface area (Å²) in [5.74, 6) is 0.176. The lowest BCUT2D eigenvalue weighted by Gasteiger charge is -2.20. The van der Waals surface area contributed by atoms with Crippen LogP contribution in [0.25, 0.3) is 0 Å². The Morgan fingerprint density at radius 2 is 1.88 bits per heavy atom. The lowest BCUT2D eigenvalue weighted by Crippen LogP contribution is -2.43. The Balaban J connectivity index is 1.84. The van der Waals surface area contributed by atoms with Crippen LogP contribution >= 0.6 is 0 Å². The van der Waals surface area contributed by atoms with Gasteiger partial charge in [-0.15, -0.1) is 0 Å². The van der Waals surface area contributed by atoms with Gasteiger partial charge in [-0.25, -0.2) is 4.79 Å². The fraction of sp³-hybridized carbons (Fsp3) is 0.368. The predicted molar refractivity (Wildman–Crippen MR) is 96.0 cm³/mol. The molecule has 0 radical (unpaired) electrons. The molecular formula is C19H25N3O2. The maximum Gasteiger partial charge on any atom is 0.319 e. The van der Waals surface area contributed by atoms with Gasteiger partial charge in [0.25, 0.3) is 0 Å². The molecule has 1 atom stereocenters. The number of hydrogen-bond donors (Lipinski definition) is 3. The Morgan fingerprint density at radius 1 is 1.12 bits per heavy atom. The van der Waals surface area contributed by atoms with Crippen LogP contribution in [0.4, 0.5) is 10.5 Å². The predicted octanol–water partition coefficient (Wildman–Crippen LogP) is 3.01. The number of rotatable bonds is 7. The first-order valence-corrected chi connectivity index (χ1v) is 8.25. The first-order valence-electron chi connectivity index (χ1n) is 8.25. The van der Waals surface area contributed by atoms with Gasteiger partial charge in [0.1, 0.15) is 0 Å². The van der Waals surface area contributed by atoms with E-state index in [0.717, 1.165) is 24.2 Å². The van der Waals surface area contributed by atoms with Crippen LogP contribution in [0.15, 0.2) is 48.7 Å². The average molecular weight is 327 g/mol.